The summed E-state index contributed by atoms with van der Waals surface area (Å²) in [5.41, 5.74) is 0.794. The first kappa shape index (κ1) is 19.3. The lowest BCUT2D eigenvalue weighted by atomic mass is 10.2. The second-order valence-corrected chi connectivity index (χ2v) is 6.05. The summed E-state index contributed by atoms with van der Waals surface area (Å²) in [6.07, 6.45) is -4.39. The number of alkyl halides is 3. The third kappa shape index (κ3) is 5.06. The molecule has 1 heterocycles. The molecule has 3 aromatic rings. The van der Waals surface area contributed by atoms with E-state index in [1.807, 2.05) is 30.3 Å². The van der Waals surface area contributed by atoms with E-state index < -0.39 is 11.7 Å². The molecule has 1 amide bonds. The standard InChI is InChI=1S/C20H17F3N4O/c1-13-25-17(19(28)24-12-14-5-3-2-4-6-14)11-18(26-13)27-16-9-7-15(8-10-16)20(21,22)23/h2-11H,12H2,1H3,(H,24,28)(H,25,26,27). The van der Waals surface area contributed by atoms with Gasteiger partial charge in [0.15, 0.2) is 0 Å². The smallest absolute Gasteiger partial charge is 0.347 e. The molecule has 0 aliphatic rings. The summed E-state index contributed by atoms with van der Waals surface area (Å²) in [6, 6.07) is 15.4. The Balaban J connectivity index is 1.71. The summed E-state index contributed by atoms with van der Waals surface area (Å²) in [5, 5.41) is 5.67. The number of aromatic nitrogens is 2. The normalized spacial score (nSPS) is 11.1. The maximum absolute atomic E-state index is 12.7. The Hall–Kier alpha value is -3.42. The molecule has 0 unspecified atom stereocenters. The summed E-state index contributed by atoms with van der Waals surface area (Å²) < 4.78 is 38.0. The number of carbonyl (C=O) groups is 1. The Morgan fingerprint density at radius 2 is 1.68 bits per heavy atom. The van der Waals surface area contributed by atoms with Crippen LogP contribution >= 0.6 is 0 Å². The molecule has 0 aliphatic carbocycles. The van der Waals surface area contributed by atoms with Gasteiger partial charge in [-0.15, -0.1) is 0 Å². The summed E-state index contributed by atoms with van der Waals surface area (Å²) in [5.74, 6) is 0.309. The van der Waals surface area contributed by atoms with Crippen molar-refractivity contribution in [2.24, 2.45) is 0 Å². The molecule has 2 aromatic carbocycles. The highest BCUT2D eigenvalue weighted by atomic mass is 19.4. The lowest BCUT2D eigenvalue weighted by Gasteiger charge is -2.11. The Morgan fingerprint density at radius 3 is 2.32 bits per heavy atom. The topological polar surface area (TPSA) is 66.9 Å². The number of hydrogen-bond acceptors (Lipinski definition) is 4. The van der Waals surface area contributed by atoms with Crippen LogP contribution in [0.5, 0.6) is 0 Å². The van der Waals surface area contributed by atoms with Gasteiger partial charge in [-0.3, -0.25) is 4.79 Å². The molecule has 2 N–H and O–H groups in total. The van der Waals surface area contributed by atoms with E-state index in [0.717, 1.165) is 17.7 Å². The van der Waals surface area contributed by atoms with Crippen LogP contribution in [0.15, 0.2) is 60.7 Å². The van der Waals surface area contributed by atoms with Crippen molar-refractivity contribution in [1.29, 1.82) is 0 Å². The van der Waals surface area contributed by atoms with Crippen molar-refractivity contribution in [3.8, 4) is 0 Å². The second kappa shape index (κ2) is 8.08. The van der Waals surface area contributed by atoms with Gasteiger partial charge in [-0.05, 0) is 36.8 Å². The Morgan fingerprint density at radius 1 is 1.00 bits per heavy atom. The Labute approximate surface area is 159 Å². The van der Waals surface area contributed by atoms with Crippen molar-refractivity contribution in [1.82, 2.24) is 15.3 Å². The number of benzene rings is 2. The summed E-state index contributed by atoms with van der Waals surface area (Å²) >= 11 is 0. The molecule has 144 valence electrons. The van der Waals surface area contributed by atoms with Crippen LogP contribution in [0.3, 0.4) is 0 Å². The minimum atomic E-state index is -4.39. The molecule has 3 rings (SSSR count). The van der Waals surface area contributed by atoms with Gasteiger partial charge >= 0.3 is 6.18 Å². The third-order valence-electron chi connectivity index (χ3n) is 3.85. The first-order valence-corrected chi connectivity index (χ1v) is 8.43. The number of halogens is 3. The maximum Gasteiger partial charge on any atom is 0.416 e. The Kier molecular flexibility index (Phi) is 5.58. The summed E-state index contributed by atoms with van der Waals surface area (Å²) in [6.45, 7) is 1.98. The predicted molar refractivity (Wildman–Crippen MR) is 99.1 cm³/mol. The van der Waals surface area contributed by atoms with Gasteiger partial charge < -0.3 is 10.6 Å². The number of carbonyl (C=O) groups excluding carboxylic acids is 1. The van der Waals surface area contributed by atoms with Crippen molar-refractivity contribution < 1.29 is 18.0 Å². The molecule has 0 fully saturated rings. The van der Waals surface area contributed by atoms with Crippen molar-refractivity contribution in [2.75, 3.05) is 5.32 Å². The molecule has 0 bridgehead atoms. The van der Waals surface area contributed by atoms with E-state index >= 15 is 0 Å². The van der Waals surface area contributed by atoms with Crippen LogP contribution < -0.4 is 10.6 Å². The summed E-state index contributed by atoms with van der Waals surface area (Å²) in [7, 11) is 0. The molecular formula is C20H17F3N4O. The molecule has 0 saturated heterocycles. The fourth-order valence-electron chi connectivity index (χ4n) is 2.51. The monoisotopic (exact) mass is 386 g/mol. The minimum absolute atomic E-state index is 0.165. The van der Waals surface area contributed by atoms with Gasteiger partial charge in [0.25, 0.3) is 5.91 Å². The molecule has 0 radical (unpaired) electrons. The van der Waals surface area contributed by atoms with E-state index in [0.29, 0.717) is 23.9 Å². The molecule has 0 atom stereocenters. The van der Waals surface area contributed by atoms with E-state index in [1.165, 1.54) is 18.2 Å². The zero-order valence-electron chi connectivity index (χ0n) is 14.9. The van der Waals surface area contributed by atoms with Crippen LogP contribution in [0, 0.1) is 6.92 Å². The van der Waals surface area contributed by atoms with Crippen LogP contribution in [0.25, 0.3) is 0 Å². The van der Waals surface area contributed by atoms with E-state index in [9.17, 15) is 18.0 Å². The van der Waals surface area contributed by atoms with Crippen LogP contribution in [-0.2, 0) is 12.7 Å². The number of amides is 1. The zero-order valence-corrected chi connectivity index (χ0v) is 14.9. The average molecular weight is 386 g/mol. The Bertz CT molecular complexity index is 957. The van der Waals surface area contributed by atoms with Crippen LogP contribution in [0.2, 0.25) is 0 Å². The molecule has 5 nitrogen and oxygen atoms in total. The zero-order chi connectivity index (χ0) is 20.1. The number of hydrogen-bond donors (Lipinski definition) is 2. The van der Waals surface area contributed by atoms with Crippen molar-refractivity contribution >= 4 is 17.4 Å². The lowest BCUT2D eigenvalue weighted by molar-refractivity contribution is -0.137. The first-order chi connectivity index (χ1) is 13.3. The van der Waals surface area contributed by atoms with Crippen molar-refractivity contribution in [2.45, 2.75) is 19.6 Å². The predicted octanol–water partition coefficient (Wildman–Crippen LogP) is 4.48. The lowest BCUT2D eigenvalue weighted by Crippen LogP contribution is -2.24. The minimum Gasteiger partial charge on any atom is -0.347 e. The first-order valence-electron chi connectivity index (χ1n) is 8.43. The van der Waals surface area contributed by atoms with Gasteiger partial charge in [0, 0.05) is 18.3 Å². The van der Waals surface area contributed by atoms with Gasteiger partial charge in [-0.25, -0.2) is 9.97 Å². The molecule has 28 heavy (non-hydrogen) atoms. The number of anilines is 2. The number of aryl methyl sites for hydroxylation is 1. The van der Waals surface area contributed by atoms with E-state index in [1.54, 1.807) is 6.92 Å². The molecule has 0 aliphatic heterocycles. The highest BCUT2D eigenvalue weighted by Crippen LogP contribution is 2.30. The average Bonchev–Trinajstić information content (AvgIpc) is 2.66. The number of rotatable bonds is 5. The second-order valence-electron chi connectivity index (χ2n) is 6.05. The molecule has 0 spiro atoms. The SMILES string of the molecule is Cc1nc(Nc2ccc(C(F)(F)F)cc2)cc(C(=O)NCc2ccccc2)n1. The maximum atomic E-state index is 12.7. The van der Waals surface area contributed by atoms with E-state index in [4.69, 9.17) is 0 Å². The highest BCUT2D eigenvalue weighted by Gasteiger charge is 2.29. The third-order valence-corrected chi connectivity index (χ3v) is 3.85. The number of nitrogens with one attached hydrogen (secondary N) is 2. The van der Waals surface area contributed by atoms with Gasteiger partial charge in [-0.2, -0.15) is 13.2 Å². The molecule has 8 heteroatoms. The van der Waals surface area contributed by atoms with Crippen molar-refractivity contribution in [3.63, 3.8) is 0 Å². The van der Waals surface area contributed by atoms with Gasteiger partial charge in [0.2, 0.25) is 0 Å². The molecular weight excluding hydrogens is 369 g/mol. The van der Waals surface area contributed by atoms with Gasteiger partial charge in [-0.1, -0.05) is 30.3 Å². The van der Waals surface area contributed by atoms with E-state index in [2.05, 4.69) is 20.6 Å². The fraction of sp³-hybridized carbons (Fsp3) is 0.150. The van der Waals surface area contributed by atoms with E-state index in [-0.39, 0.29) is 11.6 Å². The van der Waals surface area contributed by atoms with Gasteiger partial charge in [0.05, 0.1) is 5.56 Å². The highest BCUT2D eigenvalue weighted by molar-refractivity contribution is 5.93. The van der Waals surface area contributed by atoms with Crippen LogP contribution in [-0.4, -0.2) is 15.9 Å². The fourth-order valence-corrected chi connectivity index (χ4v) is 2.51. The quantitative estimate of drug-likeness (QED) is 0.679. The van der Waals surface area contributed by atoms with Crippen LogP contribution in [0.4, 0.5) is 24.7 Å². The van der Waals surface area contributed by atoms with Gasteiger partial charge in [0.1, 0.15) is 17.3 Å². The summed E-state index contributed by atoms with van der Waals surface area (Å²) in [4.78, 5) is 20.7. The van der Waals surface area contributed by atoms with Crippen molar-refractivity contribution in [3.05, 3.63) is 83.3 Å². The largest absolute Gasteiger partial charge is 0.416 e. The van der Waals surface area contributed by atoms with Crippen LogP contribution in [0.1, 0.15) is 27.4 Å². The number of nitrogens with zero attached hydrogens (tertiary/aromatic N) is 2. The molecule has 0 saturated carbocycles. The molecule has 1 aromatic heterocycles.